The molecule has 1 heterocycles. The number of likely N-dealkylation sites (tertiary alicyclic amines) is 1. The summed E-state index contributed by atoms with van der Waals surface area (Å²) in [5.41, 5.74) is 0.894. The van der Waals surface area contributed by atoms with Crippen LogP contribution in [0.15, 0.2) is 30.3 Å². The molecule has 0 N–H and O–H groups in total. The molecular weight excluding hydrogens is 300 g/mol. The second-order valence-corrected chi connectivity index (χ2v) is 8.27. The Morgan fingerprint density at radius 2 is 1.92 bits per heavy atom. The summed E-state index contributed by atoms with van der Waals surface area (Å²) in [6.07, 6.45) is 0.989. The van der Waals surface area contributed by atoms with E-state index in [2.05, 4.69) is 43.1 Å². The molecule has 1 aromatic carbocycles. The van der Waals surface area contributed by atoms with Gasteiger partial charge in [-0.3, -0.25) is 0 Å². The molecule has 1 fully saturated rings. The number of nitrogens with zero attached hydrogens (tertiary/aromatic N) is 2. The van der Waals surface area contributed by atoms with Gasteiger partial charge >= 0.3 is 6.09 Å². The maximum absolute atomic E-state index is 12.4. The Hall–Kier alpha value is -1.55. The van der Waals surface area contributed by atoms with Crippen molar-refractivity contribution in [1.82, 2.24) is 9.80 Å². The molecule has 2 atom stereocenters. The predicted octanol–water partition coefficient (Wildman–Crippen LogP) is 4.01. The number of rotatable bonds is 4. The van der Waals surface area contributed by atoms with E-state index in [9.17, 15) is 4.79 Å². The van der Waals surface area contributed by atoms with Crippen LogP contribution >= 0.6 is 0 Å². The van der Waals surface area contributed by atoms with E-state index in [4.69, 9.17) is 4.74 Å². The smallest absolute Gasteiger partial charge is 0.410 e. The molecule has 4 heteroatoms. The first-order valence-corrected chi connectivity index (χ1v) is 8.93. The number of hydrogen-bond acceptors (Lipinski definition) is 3. The van der Waals surface area contributed by atoms with E-state index in [0.717, 1.165) is 26.2 Å². The van der Waals surface area contributed by atoms with Crippen molar-refractivity contribution >= 4 is 6.09 Å². The molecule has 1 amide bonds. The van der Waals surface area contributed by atoms with Crippen LogP contribution in [0.2, 0.25) is 0 Å². The minimum Gasteiger partial charge on any atom is -0.444 e. The molecule has 4 nitrogen and oxygen atoms in total. The molecule has 0 aliphatic carbocycles. The molecule has 134 valence electrons. The molecule has 0 aromatic heterocycles. The summed E-state index contributed by atoms with van der Waals surface area (Å²) in [7, 11) is 2.16. The zero-order valence-electron chi connectivity index (χ0n) is 15.8. The van der Waals surface area contributed by atoms with Crippen LogP contribution in [0.5, 0.6) is 0 Å². The van der Waals surface area contributed by atoms with Crippen molar-refractivity contribution in [3.63, 3.8) is 0 Å². The maximum atomic E-state index is 12.4. The second kappa shape index (κ2) is 8.02. The lowest BCUT2D eigenvalue weighted by molar-refractivity contribution is 0.00849. The third-order valence-corrected chi connectivity index (χ3v) is 4.26. The number of carbonyl (C=O) groups is 1. The van der Waals surface area contributed by atoms with Crippen LogP contribution in [-0.4, -0.2) is 48.2 Å². The third kappa shape index (κ3) is 6.16. The van der Waals surface area contributed by atoms with Gasteiger partial charge in [0.1, 0.15) is 5.60 Å². The molecular formula is C20H32N2O2. The van der Waals surface area contributed by atoms with Crippen molar-refractivity contribution in [1.29, 1.82) is 0 Å². The average Bonchev–Trinajstić information content (AvgIpc) is 2.45. The Kier molecular flexibility index (Phi) is 6.27. The summed E-state index contributed by atoms with van der Waals surface area (Å²) >= 11 is 0. The Morgan fingerprint density at radius 3 is 2.54 bits per heavy atom. The van der Waals surface area contributed by atoms with Crippen LogP contribution in [0.3, 0.4) is 0 Å². The van der Waals surface area contributed by atoms with Gasteiger partial charge < -0.3 is 14.5 Å². The van der Waals surface area contributed by atoms with Crippen molar-refractivity contribution in [2.75, 3.05) is 26.7 Å². The van der Waals surface area contributed by atoms with E-state index < -0.39 is 5.60 Å². The van der Waals surface area contributed by atoms with Gasteiger partial charge in [-0.1, -0.05) is 37.3 Å². The van der Waals surface area contributed by atoms with E-state index in [1.165, 1.54) is 12.0 Å². The topological polar surface area (TPSA) is 32.8 Å². The average molecular weight is 332 g/mol. The molecule has 0 saturated carbocycles. The highest BCUT2D eigenvalue weighted by molar-refractivity contribution is 5.68. The van der Waals surface area contributed by atoms with Crippen LogP contribution in [0.4, 0.5) is 4.79 Å². The summed E-state index contributed by atoms with van der Waals surface area (Å²) in [5.74, 6) is 1.01. The number of hydrogen-bond donors (Lipinski definition) is 0. The zero-order valence-corrected chi connectivity index (χ0v) is 15.8. The van der Waals surface area contributed by atoms with Crippen molar-refractivity contribution in [3.05, 3.63) is 35.9 Å². The molecule has 1 aromatic rings. The molecule has 24 heavy (non-hydrogen) atoms. The van der Waals surface area contributed by atoms with Crippen molar-refractivity contribution in [3.8, 4) is 0 Å². The van der Waals surface area contributed by atoms with Gasteiger partial charge in [0, 0.05) is 26.2 Å². The lowest BCUT2D eigenvalue weighted by Gasteiger charge is -2.38. The van der Waals surface area contributed by atoms with E-state index in [0.29, 0.717) is 11.8 Å². The fourth-order valence-corrected chi connectivity index (χ4v) is 3.49. The fourth-order valence-electron chi connectivity index (χ4n) is 3.49. The van der Waals surface area contributed by atoms with Gasteiger partial charge in [-0.25, -0.2) is 4.79 Å². The van der Waals surface area contributed by atoms with E-state index >= 15 is 0 Å². The molecule has 1 saturated heterocycles. The van der Waals surface area contributed by atoms with E-state index in [1.807, 2.05) is 31.7 Å². The summed E-state index contributed by atoms with van der Waals surface area (Å²) in [4.78, 5) is 16.6. The van der Waals surface area contributed by atoms with E-state index in [-0.39, 0.29) is 6.09 Å². The van der Waals surface area contributed by atoms with Gasteiger partial charge in [0.25, 0.3) is 0 Å². The number of piperidine rings is 1. The van der Waals surface area contributed by atoms with E-state index in [1.54, 1.807) is 0 Å². The highest BCUT2D eigenvalue weighted by Gasteiger charge is 2.31. The fraction of sp³-hybridized carbons (Fsp3) is 0.650. The lowest BCUT2D eigenvalue weighted by atomic mass is 9.90. The quantitative estimate of drug-likeness (QED) is 0.835. The standard InChI is InChI=1S/C20H32N2O2/c1-16-11-18(14-21(5)13-17-9-7-6-8-10-17)15-22(12-16)19(23)24-20(2,3)4/h6-10,16,18H,11-15H2,1-5H3. The first-order chi connectivity index (χ1) is 11.2. The van der Waals surface area contributed by atoms with Gasteiger partial charge in [0.2, 0.25) is 0 Å². The van der Waals surface area contributed by atoms with Crippen molar-refractivity contribution in [2.24, 2.45) is 11.8 Å². The largest absolute Gasteiger partial charge is 0.444 e. The summed E-state index contributed by atoms with van der Waals surface area (Å²) in [6, 6.07) is 10.5. The summed E-state index contributed by atoms with van der Waals surface area (Å²) in [5, 5.41) is 0. The van der Waals surface area contributed by atoms with Crippen LogP contribution in [-0.2, 0) is 11.3 Å². The molecule has 0 bridgehead atoms. The molecule has 2 rings (SSSR count). The van der Waals surface area contributed by atoms with Crippen LogP contribution in [0, 0.1) is 11.8 Å². The number of ether oxygens (including phenoxy) is 1. The molecule has 1 aliphatic heterocycles. The maximum Gasteiger partial charge on any atom is 0.410 e. The van der Waals surface area contributed by atoms with Crippen LogP contribution in [0.1, 0.15) is 39.7 Å². The number of carbonyl (C=O) groups excluding carboxylic acids is 1. The normalized spacial score (nSPS) is 21.8. The molecule has 0 spiro atoms. The van der Waals surface area contributed by atoms with Gasteiger partial charge in [-0.15, -0.1) is 0 Å². The van der Waals surface area contributed by atoms with Crippen molar-refractivity contribution < 1.29 is 9.53 Å². The molecule has 2 unspecified atom stereocenters. The monoisotopic (exact) mass is 332 g/mol. The Morgan fingerprint density at radius 1 is 1.25 bits per heavy atom. The highest BCUT2D eigenvalue weighted by Crippen LogP contribution is 2.24. The predicted molar refractivity (Wildman–Crippen MR) is 97.9 cm³/mol. The highest BCUT2D eigenvalue weighted by atomic mass is 16.6. The Balaban J connectivity index is 1.89. The van der Waals surface area contributed by atoms with Gasteiger partial charge in [0.05, 0.1) is 0 Å². The minimum atomic E-state index is -0.433. The molecule has 0 radical (unpaired) electrons. The van der Waals surface area contributed by atoms with Crippen molar-refractivity contribution in [2.45, 2.75) is 46.3 Å². The number of amides is 1. The van der Waals surface area contributed by atoms with Gasteiger partial charge in [-0.2, -0.15) is 0 Å². The first kappa shape index (κ1) is 18.8. The Bertz CT molecular complexity index is 524. The lowest BCUT2D eigenvalue weighted by Crippen LogP contribution is -2.47. The van der Waals surface area contributed by atoms with Gasteiger partial charge in [0.15, 0.2) is 0 Å². The SMILES string of the molecule is CC1CC(CN(C)Cc2ccccc2)CN(C(=O)OC(C)(C)C)C1. The summed E-state index contributed by atoms with van der Waals surface area (Å²) < 4.78 is 5.55. The first-order valence-electron chi connectivity index (χ1n) is 8.93. The third-order valence-electron chi connectivity index (χ3n) is 4.26. The summed E-state index contributed by atoms with van der Waals surface area (Å²) in [6.45, 7) is 11.5. The Labute approximate surface area is 146 Å². The second-order valence-electron chi connectivity index (χ2n) is 8.27. The molecule has 1 aliphatic rings. The van der Waals surface area contributed by atoms with Gasteiger partial charge in [-0.05, 0) is 51.6 Å². The van der Waals surface area contributed by atoms with Crippen LogP contribution in [0.25, 0.3) is 0 Å². The number of benzene rings is 1. The zero-order chi connectivity index (χ0) is 17.7. The van der Waals surface area contributed by atoms with Crippen LogP contribution < -0.4 is 0 Å². The minimum absolute atomic E-state index is 0.176.